The van der Waals surface area contributed by atoms with Crippen molar-refractivity contribution in [3.63, 3.8) is 0 Å². The number of rotatable bonds is 4. The van der Waals surface area contributed by atoms with Crippen LogP contribution in [0.2, 0.25) is 0 Å². The van der Waals surface area contributed by atoms with Crippen LogP contribution in [0, 0.1) is 0 Å². The molecule has 0 aromatic heterocycles. The van der Waals surface area contributed by atoms with Crippen molar-refractivity contribution in [3.05, 3.63) is 23.8 Å². The van der Waals surface area contributed by atoms with Crippen molar-refractivity contribution in [2.24, 2.45) is 0 Å². The van der Waals surface area contributed by atoms with E-state index in [4.69, 9.17) is 14.2 Å². The summed E-state index contributed by atoms with van der Waals surface area (Å²) in [5.41, 5.74) is 0.465. The Morgan fingerprint density at radius 3 is 2.39 bits per heavy atom. The van der Waals surface area contributed by atoms with Crippen LogP contribution in [0.3, 0.4) is 0 Å². The number of hydrogen-bond donors (Lipinski definition) is 1. The number of carbonyl (C=O) groups is 2. The van der Waals surface area contributed by atoms with Crippen LogP contribution in [-0.2, 0) is 9.53 Å². The molecule has 0 radical (unpaired) electrons. The van der Waals surface area contributed by atoms with Crippen LogP contribution >= 0.6 is 12.4 Å². The lowest BCUT2D eigenvalue weighted by atomic mass is 10.1. The highest BCUT2D eigenvalue weighted by Crippen LogP contribution is 2.31. The number of morpholine rings is 1. The van der Waals surface area contributed by atoms with Gasteiger partial charge in [-0.1, -0.05) is 6.07 Å². The molecule has 9 heteroatoms. The van der Waals surface area contributed by atoms with Gasteiger partial charge < -0.3 is 29.3 Å². The van der Waals surface area contributed by atoms with Crippen molar-refractivity contribution in [1.29, 1.82) is 0 Å². The predicted octanol–water partition coefficient (Wildman–Crippen LogP) is 0.787. The van der Waals surface area contributed by atoms with E-state index in [0.29, 0.717) is 56.4 Å². The van der Waals surface area contributed by atoms with Crippen LogP contribution < -0.4 is 14.8 Å². The largest absolute Gasteiger partial charge is 0.493 e. The molecule has 156 valence electrons. The molecule has 2 aliphatic rings. The summed E-state index contributed by atoms with van der Waals surface area (Å²) in [4.78, 5) is 29.2. The first-order chi connectivity index (χ1) is 13.1. The van der Waals surface area contributed by atoms with Gasteiger partial charge in [0.05, 0.1) is 32.5 Å². The molecule has 2 amide bonds. The second kappa shape index (κ2) is 9.95. The number of ether oxygens (including phenoxy) is 3. The Morgan fingerprint density at radius 2 is 1.79 bits per heavy atom. The van der Waals surface area contributed by atoms with E-state index in [0.717, 1.165) is 0 Å². The van der Waals surface area contributed by atoms with E-state index in [1.54, 1.807) is 35.1 Å². The second-order valence-electron chi connectivity index (χ2n) is 6.67. The molecule has 0 spiro atoms. The molecule has 1 aromatic carbocycles. The average Bonchev–Trinajstić information content (AvgIpc) is 2.72. The molecule has 0 bridgehead atoms. The number of benzene rings is 1. The molecule has 2 atom stereocenters. The minimum Gasteiger partial charge on any atom is -0.493 e. The zero-order valence-electron chi connectivity index (χ0n) is 16.5. The van der Waals surface area contributed by atoms with Crippen molar-refractivity contribution >= 4 is 24.2 Å². The zero-order chi connectivity index (χ0) is 19.4. The highest BCUT2D eigenvalue weighted by Gasteiger charge is 2.34. The highest BCUT2D eigenvalue weighted by molar-refractivity contribution is 5.98. The van der Waals surface area contributed by atoms with E-state index in [9.17, 15) is 9.59 Å². The van der Waals surface area contributed by atoms with Crippen LogP contribution in [0.4, 0.5) is 0 Å². The Kier molecular flexibility index (Phi) is 7.91. The van der Waals surface area contributed by atoms with E-state index in [1.807, 2.05) is 6.92 Å². The van der Waals surface area contributed by atoms with Crippen molar-refractivity contribution in [2.75, 3.05) is 53.6 Å². The fraction of sp³-hybridized carbons (Fsp3) is 0.579. The quantitative estimate of drug-likeness (QED) is 0.786. The number of piperazine rings is 1. The van der Waals surface area contributed by atoms with E-state index in [2.05, 4.69) is 5.32 Å². The molecule has 0 unspecified atom stereocenters. The maximum absolute atomic E-state index is 12.9. The summed E-state index contributed by atoms with van der Waals surface area (Å²) < 4.78 is 16.2. The molecule has 3 rings (SSSR count). The molecule has 1 aromatic rings. The zero-order valence-corrected chi connectivity index (χ0v) is 17.3. The fourth-order valence-corrected chi connectivity index (χ4v) is 3.56. The number of nitrogens with zero attached hydrogens (tertiary/aromatic N) is 2. The second-order valence-corrected chi connectivity index (χ2v) is 6.67. The minimum absolute atomic E-state index is 0. The van der Waals surface area contributed by atoms with Gasteiger partial charge in [-0.05, 0) is 19.1 Å². The van der Waals surface area contributed by atoms with Gasteiger partial charge in [-0.3, -0.25) is 9.59 Å². The highest BCUT2D eigenvalue weighted by atomic mass is 35.5. The van der Waals surface area contributed by atoms with Crippen molar-refractivity contribution in [2.45, 2.75) is 19.1 Å². The average molecular weight is 414 g/mol. The summed E-state index contributed by atoms with van der Waals surface area (Å²) in [7, 11) is 3.06. The third-order valence-corrected chi connectivity index (χ3v) is 5.09. The number of hydrogen-bond acceptors (Lipinski definition) is 6. The van der Waals surface area contributed by atoms with Gasteiger partial charge in [0, 0.05) is 32.7 Å². The third-order valence-electron chi connectivity index (χ3n) is 5.09. The van der Waals surface area contributed by atoms with Crippen LogP contribution in [0.5, 0.6) is 11.5 Å². The SMILES string of the molecule is COc1cccc(C(=O)N2CCN(C(=O)[C@H]3NCCO[C@@H]3C)CC2)c1OC.Cl. The monoisotopic (exact) mass is 413 g/mol. The smallest absolute Gasteiger partial charge is 0.257 e. The van der Waals surface area contributed by atoms with Crippen molar-refractivity contribution in [3.8, 4) is 11.5 Å². The Labute approximate surface area is 171 Å². The van der Waals surface area contributed by atoms with Gasteiger partial charge in [0.25, 0.3) is 5.91 Å². The molecule has 8 nitrogen and oxygen atoms in total. The number of halogens is 1. The summed E-state index contributed by atoms with van der Waals surface area (Å²) in [6.07, 6.45) is -0.146. The van der Waals surface area contributed by atoms with Crippen LogP contribution in [-0.4, -0.2) is 87.3 Å². The maximum Gasteiger partial charge on any atom is 0.257 e. The first-order valence-corrected chi connectivity index (χ1v) is 9.21. The Balaban J connectivity index is 0.00000280. The molecule has 1 N–H and O–H groups in total. The molecule has 2 aliphatic heterocycles. The lowest BCUT2D eigenvalue weighted by Crippen LogP contribution is -2.60. The molecule has 0 saturated carbocycles. The van der Waals surface area contributed by atoms with Gasteiger partial charge in [-0.2, -0.15) is 0 Å². The van der Waals surface area contributed by atoms with E-state index >= 15 is 0 Å². The number of carbonyl (C=O) groups excluding carboxylic acids is 2. The third kappa shape index (κ3) is 4.51. The number of nitrogens with one attached hydrogen (secondary N) is 1. The van der Waals surface area contributed by atoms with Crippen LogP contribution in [0.25, 0.3) is 0 Å². The Morgan fingerprint density at radius 1 is 1.11 bits per heavy atom. The lowest BCUT2D eigenvalue weighted by molar-refractivity contribution is -0.140. The van der Waals surface area contributed by atoms with Gasteiger partial charge in [0.1, 0.15) is 6.04 Å². The first kappa shape index (κ1) is 22.3. The summed E-state index contributed by atoms with van der Waals surface area (Å²) in [6, 6.07) is 4.93. The van der Waals surface area contributed by atoms with Gasteiger partial charge in [-0.25, -0.2) is 0 Å². The van der Waals surface area contributed by atoms with Gasteiger partial charge in [0.15, 0.2) is 11.5 Å². The van der Waals surface area contributed by atoms with E-state index in [1.165, 1.54) is 7.11 Å². The minimum atomic E-state index is -0.320. The lowest BCUT2D eigenvalue weighted by Gasteiger charge is -2.39. The summed E-state index contributed by atoms with van der Waals surface area (Å²) >= 11 is 0. The molecule has 2 saturated heterocycles. The molecular weight excluding hydrogens is 386 g/mol. The molecule has 2 heterocycles. The first-order valence-electron chi connectivity index (χ1n) is 9.21. The maximum atomic E-state index is 12.9. The number of methoxy groups -OCH3 is 2. The molecular formula is C19H28ClN3O5. The van der Waals surface area contributed by atoms with Crippen molar-refractivity contribution < 1.29 is 23.8 Å². The Bertz CT molecular complexity index is 694. The topological polar surface area (TPSA) is 80.3 Å². The van der Waals surface area contributed by atoms with E-state index in [-0.39, 0.29) is 36.4 Å². The fourth-order valence-electron chi connectivity index (χ4n) is 3.56. The standard InChI is InChI=1S/C19H27N3O5.ClH/c1-13-16(20-7-12-27-13)19(24)22-10-8-21(9-11-22)18(23)14-5-4-6-15(25-2)17(14)26-3;/h4-6,13,16,20H,7-12H2,1-3H3;1H/t13-,16+;/m1./s1. The van der Waals surface area contributed by atoms with Gasteiger partial charge >= 0.3 is 0 Å². The Hall–Kier alpha value is -2.03. The number of amides is 2. The van der Waals surface area contributed by atoms with E-state index < -0.39 is 0 Å². The van der Waals surface area contributed by atoms with Crippen LogP contribution in [0.1, 0.15) is 17.3 Å². The van der Waals surface area contributed by atoms with Crippen molar-refractivity contribution in [1.82, 2.24) is 15.1 Å². The van der Waals surface area contributed by atoms with Gasteiger partial charge in [-0.15, -0.1) is 12.4 Å². The summed E-state index contributed by atoms with van der Waals surface area (Å²) in [5.74, 6) is 0.869. The van der Waals surface area contributed by atoms with Crippen LogP contribution in [0.15, 0.2) is 18.2 Å². The summed E-state index contributed by atoms with van der Waals surface area (Å²) in [6.45, 7) is 5.16. The molecule has 0 aliphatic carbocycles. The molecule has 2 fully saturated rings. The predicted molar refractivity (Wildman–Crippen MR) is 106 cm³/mol. The molecule has 28 heavy (non-hydrogen) atoms. The number of para-hydroxylation sites is 1. The summed E-state index contributed by atoms with van der Waals surface area (Å²) in [5, 5.41) is 3.23. The normalized spacial score (nSPS) is 22.2. The van der Waals surface area contributed by atoms with Gasteiger partial charge in [0.2, 0.25) is 5.91 Å².